The van der Waals surface area contributed by atoms with Crippen LogP contribution in [0.4, 0.5) is 5.69 Å². The van der Waals surface area contributed by atoms with Gasteiger partial charge in [0.25, 0.3) is 0 Å². The van der Waals surface area contributed by atoms with E-state index in [1.165, 1.54) is 0 Å². The summed E-state index contributed by atoms with van der Waals surface area (Å²) in [5.41, 5.74) is 4.53. The molecule has 1 saturated heterocycles. The third-order valence-electron chi connectivity index (χ3n) is 7.46. The second-order valence-corrected chi connectivity index (χ2v) is 9.84. The predicted molar refractivity (Wildman–Crippen MR) is 146 cm³/mol. The predicted octanol–water partition coefficient (Wildman–Crippen LogP) is 4.60. The van der Waals surface area contributed by atoms with Gasteiger partial charge in [-0.25, -0.2) is 0 Å². The summed E-state index contributed by atoms with van der Waals surface area (Å²) in [5, 5.41) is 25.5. The molecule has 0 atom stereocenters. The average molecular weight is 504 g/mol. The molecule has 7 heteroatoms. The van der Waals surface area contributed by atoms with Crippen LogP contribution in [0.3, 0.4) is 0 Å². The number of aromatic amines is 1. The van der Waals surface area contributed by atoms with Crippen LogP contribution in [-0.2, 0) is 11.3 Å². The van der Waals surface area contributed by atoms with E-state index in [1.807, 2.05) is 48.5 Å². The fourth-order valence-corrected chi connectivity index (χ4v) is 5.42. The number of carboxylic acid groups (broad SMARTS) is 1. The summed E-state index contributed by atoms with van der Waals surface area (Å²) in [7, 11) is 0. The van der Waals surface area contributed by atoms with E-state index >= 15 is 0 Å². The lowest BCUT2D eigenvalue weighted by Gasteiger charge is -2.31. The molecule has 1 aliphatic heterocycles. The number of nitrogens with zero attached hydrogens (tertiary/aromatic N) is 2. The minimum Gasteiger partial charge on any atom is -0.545 e. The number of hydrogen-bond donors (Lipinski definition) is 2. The van der Waals surface area contributed by atoms with Gasteiger partial charge in [0.2, 0.25) is 5.91 Å². The molecule has 0 bridgehead atoms. The molecule has 5 aromatic rings. The van der Waals surface area contributed by atoms with Crippen molar-refractivity contribution in [1.82, 2.24) is 15.1 Å². The number of carbonyl (C=O) groups is 2. The Bertz CT molecular complexity index is 1640. The molecule has 0 radical (unpaired) electrons. The molecule has 7 nitrogen and oxygen atoms in total. The van der Waals surface area contributed by atoms with Crippen molar-refractivity contribution in [1.29, 1.82) is 0 Å². The third-order valence-corrected chi connectivity index (χ3v) is 7.46. The van der Waals surface area contributed by atoms with Gasteiger partial charge in [-0.15, -0.1) is 0 Å². The molecule has 6 rings (SSSR count). The zero-order valence-electron chi connectivity index (χ0n) is 20.8. The van der Waals surface area contributed by atoms with E-state index in [1.54, 1.807) is 12.1 Å². The second-order valence-electron chi connectivity index (χ2n) is 9.84. The van der Waals surface area contributed by atoms with Crippen LogP contribution in [-0.4, -0.2) is 40.1 Å². The molecule has 0 aliphatic carbocycles. The zero-order chi connectivity index (χ0) is 26.1. The van der Waals surface area contributed by atoms with Gasteiger partial charge in [0.1, 0.15) is 5.69 Å². The number of likely N-dealkylation sites (tertiary alicyclic amines) is 1. The van der Waals surface area contributed by atoms with Crippen LogP contribution < -0.4 is 10.4 Å². The molecule has 1 aliphatic rings. The summed E-state index contributed by atoms with van der Waals surface area (Å²) < 4.78 is 0. The van der Waals surface area contributed by atoms with E-state index < -0.39 is 5.97 Å². The normalized spacial score (nSPS) is 14.6. The van der Waals surface area contributed by atoms with Gasteiger partial charge in [-0.3, -0.25) is 14.8 Å². The number of nitrogens with one attached hydrogen (secondary N) is 2. The van der Waals surface area contributed by atoms with E-state index in [2.05, 4.69) is 44.7 Å². The molecule has 1 fully saturated rings. The van der Waals surface area contributed by atoms with E-state index in [9.17, 15) is 14.7 Å². The van der Waals surface area contributed by atoms with E-state index in [4.69, 9.17) is 0 Å². The molecular weight excluding hydrogens is 476 g/mol. The fourth-order valence-electron chi connectivity index (χ4n) is 5.42. The fraction of sp³-hybridized carbons (Fsp3) is 0.194. The van der Waals surface area contributed by atoms with Crippen LogP contribution in [0.5, 0.6) is 0 Å². The smallest absolute Gasteiger partial charge is 0.227 e. The van der Waals surface area contributed by atoms with E-state index in [0.29, 0.717) is 19.4 Å². The van der Waals surface area contributed by atoms with Gasteiger partial charge in [-0.05, 0) is 60.5 Å². The minimum absolute atomic E-state index is 0.00865. The number of aromatic nitrogens is 2. The van der Waals surface area contributed by atoms with Crippen molar-refractivity contribution in [2.75, 3.05) is 18.4 Å². The number of hydrogen-bond acceptors (Lipinski definition) is 5. The van der Waals surface area contributed by atoms with Gasteiger partial charge < -0.3 is 15.2 Å². The molecule has 4 aromatic carbocycles. The van der Waals surface area contributed by atoms with Gasteiger partial charge >= 0.3 is 0 Å². The Morgan fingerprint density at radius 3 is 2.53 bits per heavy atom. The number of benzene rings is 4. The van der Waals surface area contributed by atoms with E-state index in [-0.39, 0.29) is 17.4 Å². The first-order chi connectivity index (χ1) is 18.6. The highest BCUT2D eigenvalue weighted by Crippen LogP contribution is 2.33. The first-order valence-corrected chi connectivity index (χ1v) is 12.9. The van der Waals surface area contributed by atoms with Crippen molar-refractivity contribution < 1.29 is 14.7 Å². The number of aromatic carboxylic acids is 1. The molecule has 0 spiro atoms. The number of H-pyrrole nitrogens is 1. The van der Waals surface area contributed by atoms with Crippen molar-refractivity contribution in [2.45, 2.75) is 19.4 Å². The first kappa shape index (κ1) is 23.9. The van der Waals surface area contributed by atoms with Crippen molar-refractivity contribution in [3.8, 4) is 11.3 Å². The Hall–Kier alpha value is -4.49. The van der Waals surface area contributed by atoms with Gasteiger partial charge in [-0.2, -0.15) is 5.10 Å². The minimum atomic E-state index is -1.16. The standard InChI is InChI=1S/C31H28N4O3/c36-30(21-14-16-35(17-15-21)19-22-7-2-4-10-25(22)31(37)38)32-23-12-13-28-27(18-23)29(34-33-28)26-11-5-8-20-6-1-3-9-24(20)26/h1-13,18,21H,14-17,19H2,(H,32,36)(H,33,34)(H,37,38)/p-1. The third kappa shape index (κ3) is 4.64. The second kappa shape index (κ2) is 10.1. The van der Waals surface area contributed by atoms with Crippen LogP contribution in [0.2, 0.25) is 0 Å². The summed E-state index contributed by atoms with van der Waals surface area (Å²) in [6, 6.07) is 27.2. The van der Waals surface area contributed by atoms with Crippen LogP contribution >= 0.6 is 0 Å². The average Bonchev–Trinajstić information content (AvgIpc) is 3.36. The lowest BCUT2D eigenvalue weighted by molar-refractivity contribution is -0.255. The zero-order valence-corrected chi connectivity index (χ0v) is 20.8. The summed E-state index contributed by atoms with van der Waals surface area (Å²) in [6.07, 6.45) is 1.43. The van der Waals surface area contributed by atoms with Crippen LogP contribution in [0.1, 0.15) is 28.8 Å². The lowest BCUT2D eigenvalue weighted by atomic mass is 9.95. The molecule has 38 heavy (non-hydrogen) atoms. The molecule has 2 N–H and O–H groups in total. The largest absolute Gasteiger partial charge is 0.545 e. The molecule has 190 valence electrons. The highest BCUT2D eigenvalue weighted by Gasteiger charge is 2.25. The maximum absolute atomic E-state index is 13.1. The highest BCUT2D eigenvalue weighted by molar-refractivity contribution is 6.05. The summed E-state index contributed by atoms with van der Waals surface area (Å²) in [4.78, 5) is 26.7. The van der Waals surface area contributed by atoms with Gasteiger partial charge in [0, 0.05) is 34.7 Å². The lowest BCUT2D eigenvalue weighted by Crippen LogP contribution is -2.38. The summed E-state index contributed by atoms with van der Waals surface area (Å²) >= 11 is 0. The Kier molecular flexibility index (Phi) is 6.35. The molecular formula is C31H27N4O3-. The molecule has 0 saturated carbocycles. The Morgan fingerprint density at radius 1 is 0.921 bits per heavy atom. The summed E-state index contributed by atoms with van der Waals surface area (Å²) in [5.74, 6) is -1.25. The van der Waals surface area contributed by atoms with Gasteiger partial charge in [-0.1, -0.05) is 66.7 Å². The maximum atomic E-state index is 13.1. The maximum Gasteiger partial charge on any atom is 0.227 e. The summed E-state index contributed by atoms with van der Waals surface area (Å²) in [6.45, 7) is 1.99. The highest BCUT2D eigenvalue weighted by atomic mass is 16.4. The van der Waals surface area contributed by atoms with Gasteiger partial charge in [0.05, 0.1) is 11.5 Å². The van der Waals surface area contributed by atoms with Crippen molar-refractivity contribution >= 4 is 39.2 Å². The molecule has 0 unspecified atom stereocenters. The van der Waals surface area contributed by atoms with Crippen LogP contribution in [0.25, 0.3) is 32.9 Å². The Balaban J connectivity index is 1.15. The number of anilines is 1. The Morgan fingerprint density at radius 2 is 1.68 bits per heavy atom. The Labute approximate surface area is 220 Å². The van der Waals surface area contributed by atoms with Gasteiger partial charge in [0.15, 0.2) is 0 Å². The van der Waals surface area contributed by atoms with Crippen molar-refractivity contribution in [3.05, 3.63) is 96.1 Å². The van der Waals surface area contributed by atoms with Crippen LogP contribution in [0, 0.1) is 5.92 Å². The monoisotopic (exact) mass is 503 g/mol. The molecule has 1 aromatic heterocycles. The molecule has 1 amide bonds. The number of carbonyl (C=O) groups excluding carboxylic acids is 2. The van der Waals surface area contributed by atoms with Crippen molar-refractivity contribution in [3.63, 3.8) is 0 Å². The molecule has 2 heterocycles. The number of amides is 1. The quantitative estimate of drug-likeness (QED) is 0.353. The first-order valence-electron chi connectivity index (χ1n) is 12.9. The number of rotatable bonds is 6. The topological polar surface area (TPSA) is 101 Å². The number of piperidine rings is 1. The SMILES string of the molecule is O=C([O-])c1ccccc1CN1CCC(C(=O)Nc2ccc3[nH]nc(-c4cccc5ccccc45)c3c2)CC1. The van der Waals surface area contributed by atoms with Crippen LogP contribution in [0.15, 0.2) is 84.9 Å². The number of fused-ring (bicyclic) bond motifs is 2. The van der Waals surface area contributed by atoms with Crippen molar-refractivity contribution in [2.24, 2.45) is 5.92 Å². The van der Waals surface area contributed by atoms with E-state index in [0.717, 1.165) is 57.3 Å². The number of carboxylic acids is 1.